The van der Waals surface area contributed by atoms with Crippen LogP contribution >= 0.6 is 0 Å². The quantitative estimate of drug-likeness (QED) is 0.749. The highest BCUT2D eigenvalue weighted by atomic mass is 32.2. The van der Waals surface area contributed by atoms with E-state index < -0.39 is 35.1 Å². The number of rotatable bonds is 6. The lowest BCUT2D eigenvalue weighted by molar-refractivity contribution is -0.146. The van der Waals surface area contributed by atoms with Gasteiger partial charge in [-0.15, -0.1) is 0 Å². The maximum Gasteiger partial charge on any atom is 0.327 e. The van der Waals surface area contributed by atoms with Crippen LogP contribution in [0.25, 0.3) is 0 Å². The standard InChI is InChI=1S/C13H18N2O5S/c1-10-6-4-5-7-11(10)15(21(3,18)19)8-13(17)20-9-12(16)14-2/h4-7H,8-9H2,1-3H3,(H,14,16). The highest BCUT2D eigenvalue weighted by Gasteiger charge is 2.23. The molecule has 0 saturated carbocycles. The van der Waals surface area contributed by atoms with Gasteiger partial charge in [0.05, 0.1) is 11.9 Å². The molecule has 0 atom stereocenters. The van der Waals surface area contributed by atoms with Crippen molar-refractivity contribution in [2.45, 2.75) is 6.92 Å². The Morgan fingerprint density at radius 2 is 1.90 bits per heavy atom. The Balaban J connectivity index is 2.89. The van der Waals surface area contributed by atoms with E-state index in [9.17, 15) is 18.0 Å². The maximum atomic E-state index is 11.9. The number of hydrogen-bond acceptors (Lipinski definition) is 5. The molecule has 116 valence electrons. The molecule has 8 heteroatoms. The summed E-state index contributed by atoms with van der Waals surface area (Å²) in [7, 11) is -2.24. The molecule has 0 spiro atoms. The van der Waals surface area contributed by atoms with Crippen LogP contribution in [0, 0.1) is 6.92 Å². The van der Waals surface area contributed by atoms with Gasteiger partial charge in [0.2, 0.25) is 10.0 Å². The number of para-hydroxylation sites is 1. The van der Waals surface area contributed by atoms with Gasteiger partial charge in [0.25, 0.3) is 5.91 Å². The topological polar surface area (TPSA) is 92.8 Å². The Morgan fingerprint density at radius 1 is 1.29 bits per heavy atom. The summed E-state index contributed by atoms with van der Waals surface area (Å²) in [5, 5.41) is 2.30. The molecular weight excluding hydrogens is 296 g/mol. The molecule has 21 heavy (non-hydrogen) atoms. The van der Waals surface area contributed by atoms with Gasteiger partial charge in [-0.1, -0.05) is 18.2 Å². The number of nitrogens with zero attached hydrogens (tertiary/aromatic N) is 1. The molecule has 0 aliphatic rings. The molecule has 0 aliphatic carbocycles. The summed E-state index contributed by atoms with van der Waals surface area (Å²) in [6.07, 6.45) is 1.01. The van der Waals surface area contributed by atoms with Crippen LogP contribution < -0.4 is 9.62 Å². The predicted molar refractivity (Wildman–Crippen MR) is 78.4 cm³/mol. The molecule has 1 N–H and O–H groups in total. The van der Waals surface area contributed by atoms with E-state index in [1.54, 1.807) is 31.2 Å². The van der Waals surface area contributed by atoms with E-state index in [4.69, 9.17) is 4.74 Å². The minimum atomic E-state index is -3.65. The monoisotopic (exact) mass is 314 g/mol. The largest absolute Gasteiger partial charge is 0.454 e. The number of esters is 1. The Labute approximate surface area is 123 Å². The number of anilines is 1. The third kappa shape index (κ3) is 5.07. The second-order valence-corrected chi connectivity index (χ2v) is 6.30. The van der Waals surface area contributed by atoms with E-state index in [-0.39, 0.29) is 0 Å². The number of benzene rings is 1. The van der Waals surface area contributed by atoms with Crippen molar-refractivity contribution in [3.05, 3.63) is 29.8 Å². The van der Waals surface area contributed by atoms with E-state index in [0.717, 1.165) is 10.6 Å². The number of likely N-dealkylation sites (N-methyl/N-ethyl adjacent to an activating group) is 1. The second-order valence-electron chi connectivity index (χ2n) is 4.39. The third-order valence-corrected chi connectivity index (χ3v) is 3.83. The smallest absolute Gasteiger partial charge is 0.327 e. The second kappa shape index (κ2) is 7.07. The molecule has 0 unspecified atom stereocenters. The van der Waals surface area contributed by atoms with Gasteiger partial charge in [-0.3, -0.25) is 13.9 Å². The Hall–Kier alpha value is -2.09. The summed E-state index contributed by atoms with van der Waals surface area (Å²) in [6.45, 7) is 0.810. The molecule has 0 saturated heterocycles. The predicted octanol–water partition coefficient (Wildman–Crippen LogP) is 0.0502. The van der Waals surface area contributed by atoms with Crippen LogP contribution in [-0.2, 0) is 24.3 Å². The van der Waals surface area contributed by atoms with E-state index >= 15 is 0 Å². The van der Waals surface area contributed by atoms with Crippen molar-refractivity contribution in [2.24, 2.45) is 0 Å². The van der Waals surface area contributed by atoms with E-state index in [1.165, 1.54) is 7.05 Å². The van der Waals surface area contributed by atoms with Gasteiger partial charge >= 0.3 is 5.97 Å². The summed E-state index contributed by atoms with van der Waals surface area (Å²) in [6, 6.07) is 6.78. The molecule has 7 nitrogen and oxygen atoms in total. The highest BCUT2D eigenvalue weighted by molar-refractivity contribution is 7.92. The van der Waals surface area contributed by atoms with Gasteiger partial charge < -0.3 is 10.1 Å². The van der Waals surface area contributed by atoms with Gasteiger partial charge in [0.1, 0.15) is 6.54 Å². The number of carbonyl (C=O) groups excluding carboxylic acids is 2. The van der Waals surface area contributed by atoms with Crippen LogP contribution in [0.2, 0.25) is 0 Å². The first-order chi connectivity index (χ1) is 9.75. The average molecular weight is 314 g/mol. The van der Waals surface area contributed by atoms with E-state index in [0.29, 0.717) is 11.3 Å². The number of amides is 1. The maximum absolute atomic E-state index is 11.9. The Kier molecular flexibility index (Phi) is 5.71. The lowest BCUT2D eigenvalue weighted by Crippen LogP contribution is -2.37. The van der Waals surface area contributed by atoms with Crippen molar-refractivity contribution in [1.29, 1.82) is 0 Å². The fourth-order valence-corrected chi connectivity index (χ4v) is 2.51. The van der Waals surface area contributed by atoms with Crippen molar-refractivity contribution in [3.8, 4) is 0 Å². The molecule has 0 radical (unpaired) electrons. The van der Waals surface area contributed by atoms with Gasteiger partial charge in [-0.05, 0) is 18.6 Å². The Bertz CT molecular complexity index is 627. The first-order valence-electron chi connectivity index (χ1n) is 6.15. The van der Waals surface area contributed by atoms with Crippen molar-refractivity contribution < 1.29 is 22.7 Å². The number of hydrogen-bond donors (Lipinski definition) is 1. The molecule has 0 aromatic heterocycles. The lowest BCUT2D eigenvalue weighted by atomic mass is 10.2. The van der Waals surface area contributed by atoms with Crippen molar-refractivity contribution >= 4 is 27.6 Å². The molecule has 1 amide bonds. The zero-order chi connectivity index (χ0) is 16.0. The van der Waals surface area contributed by atoms with E-state index in [1.807, 2.05) is 0 Å². The summed E-state index contributed by atoms with van der Waals surface area (Å²) >= 11 is 0. The number of sulfonamides is 1. The fraction of sp³-hybridized carbons (Fsp3) is 0.385. The van der Waals surface area contributed by atoms with Gasteiger partial charge in [-0.25, -0.2) is 8.42 Å². The summed E-state index contributed by atoms with van der Waals surface area (Å²) < 4.78 is 29.4. The zero-order valence-electron chi connectivity index (χ0n) is 12.1. The molecule has 0 bridgehead atoms. The summed E-state index contributed by atoms with van der Waals surface area (Å²) in [5.74, 6) is -1.27. The number of nitrogens with one attached hydrogen (secondary N) is 1. The van der Waals surface area contributed by atoms with Crippen molar-refractivity contribution in [1.82, 2.24) is 5.32 Å². The fourth-order valence-electron chi connectivity index (χ4n) is 1.61. The molecule has 1 aromatic rings. The molecule has 0 aliphatic heterocycles. The minimum Gasteiger partial charge on any atom is -0.454 e. The minimum absolute atomic E-state index is 0.400. The SMILES string of the molecule is CNC(=O)COC(=O)CN(c1ccccc1C)S(C)(=O)=O. The molecule has 0 heterocycles. The molecule has 1 aromatic carbocycles. The molecular formula is C13H18N2O5S. The number of ether oxygens (including phenoxy) is 1. The first kappa shape index (κ1) is 17.0. The summed E-state index contributed by atoms with van der Waals surface area (Å²) in [4.78, 5) is 22.7. The molecule has 1 rings (SSSR count). The van der Waals surface area contributed by atoms with Gasteiger partial charge in [0, 0.05) is 7.05 Å². The van der Waals surface area contributed by atoms with Crippen LogP contribution in [0.1, 0.15) is 5.56 Å². The van der Waals surface area contributed by atoms with Crippen LogP contribution in [0.5, 0.6) is 0 Å². The van der Waals surface area contributed by atoms with Crippen LogP contribution in [0.3, 0.4) is 0 Å². The normalized spacial score (nSPS) is 10.8. The summed E-state index contributed by atoms with van der Waals surface area (Å²) in [5.41, 5.74) is 1.11. The van der Waals surface area contributed by atoms with Gasteiger partial charge in [0.15, 0.2) is 6.61 Å². The highest BCUT2D eigenvalue weighted by Crippen LogP contribution is 2.21. The van der Waals surface area contributed by atoms with Crippen LogP contribution in [0.15, 0.2) is 24.3 Å². The number of aryl methyl sites for hydroxylation is 1. The van der Waals surface area contributed by atoms with Crippen LogP contribution in [-0.4, -0.2) is 46.7 Å². The average Bonchev–Trinajstić information content (AvgIpc) is 2.42. The molecule has 0 fully saturated rings. The van der Waals surface area contributed by atoms with Crippen molar-refractivity contribution in [2.75, 3.05) is 30.8 Å². The lowest BCUT2D eigenvalue weighted by Gasteiger charge is -2.23. The van der Waals surface area contributed by atoms with Crippen molar-refractivity contribution in [3.63, 3.8) is 0 Å². The Morgan fingerprint density at radius 3 is 2.43 bits per heavy atom. The number of carbonyl (C=O) groups is 2. The van der Waals surface area contributed by atoms with E-state index in [2.05, 4.69) is 5.32 Å². The van der Waals surface area contributed by atoms with Gasteiger partial charge in [-0.2, -0.15) is 0 Å². The van der Waals surface area contributed by atoms with Crippen LogP contribution in [0.4, 0.5) is 5.69 Å². The third-order valence-electron chi connectivity index (χ3n) is 2.70. The first-order valence-corrected chi connectivity index (χ1v) is 8.00. The zero-order valence-corrected chi connectivity index (χ0v) is 12.9.